The summed E-state index contributed by atoms with van der Waals surface area (Å²) in [4.78, 5) is 14.1. The summed E-state index contributed by atoms with van der Waals surface area (Å²) in [5, 5.41) is 24.4. The van der Waals surface area contributed by atoms with E-state index < -0.39 is 11.7 Å². The molecule has 2 aromatic carbocycles. The van der Waals surface area contributed by atoms with Crippen LogP contribution in [-0.4, -0.2) is 65.7 Å². The number of hydrogen-bond donors (Lipinski definition) is 3. The van der Waals surface area contributed by atoms with Gasteiger partial charge in [0.2, 0.25) is 12.7 Å². The molecular formula is C23H28N2O5. The van der Waals surface area contributed by atoms with Gasteiger partial charge in [-0.2, -0.15) is 0 Å². The van der Waals surface area contributed by atoms with Crippen LogP contribution in [0.25, 0.3) is 0 Å². The van der Waals surface area contributed by atoms with Gasteiger partial charge in [-0.15, -0.1) is 0 Å². The van der Waals surface area contributed by atoms with Crippen molar-refractivity contribution in [1.29, 1.82) is 0 Å². The summed E-state index contributed by atoms with van der Waals surface area (Å²) in [6.45, 7) is 1.41. The molecule has 0 saturated carbocycles. The van der Waals surface area contributed by atoms with Crippen molar-refractivity contribution in [3.05, 3.63) is 59.7 Å². The molecule has 2 aliphatic rings. The molecule has 3 N–H and O–H groups in total. The molecule has 0 unspecified atom stereocenters. The summed E-state index contributed by atoms with van der Waals surface area (Å²) in [6.07, 6.45) is 0.807. The highest BCUT2D eigenvalue weighted by Crippen LogP contribution is 2.32. The highest BCUT2D eigenvalue weighted by atomic mass is 16.7. The molecule has 7 nitrogen and oxygen atoms in total. The van der Waals surface area contributed by atoms with Gasteiger partial charge in [-0.05, 0) is 42.6 Å². The zero-order valence-electron chi connectivity index (χ0n) is 16.9. The maximum absolute atomic E-state index is 12.5. The molecule has 30 heavy (non-hydrogen) atoms. The number of hydrogen-bond acceptors (Lipinski definition) is 6. The van der Waals surface area contributed by atoms with Crippen molar-refractivity contribution in [2.45, 2.75) is 31.0 Å². The summed E-state index contributed by atoms with van der Waals surface area (Å²) in [5.41, 5.74) is 0.867. The molecule has 160 valence electrons. The van der Waals surface area contributed by atoms with Crippen molar-refractivity contribution in [2.75, 3.05) is 33.0 Å². The zero-order valence-corrected chi connectivity index (χ0v) is 16.9. The first-order valence-electron chi connectivity index (χ1n) is 10.3. The molecule has 4 rings (SSSR count). The van der Waals surface area contributed by atoms with Crippen molar-refractivity contribution >= 4 is 5.91 Å². The fraction of sp³-hybridized carbons (Fsp3) is 0.435. The molecule has 0 bridgehead atoms. The maximum Gasteiger partial charge on any atom is 0.231 e. The van der Waals surface area contributed by atoms with Crippen molar-refractivity contribution in [3.8, 4) is 11.5 Å². The second kappa shape index (κ2) is 9.04. The fourth-order valence-corrected chi connectivity index (χ4v) is 3.93. The lowest BCUT2D eigenvalue weighted by Gasteiger charge is -2.26. The van der Waals surface area contributed by atoms with Crippen LogP contribution in [0.3, 0.4) is 0 Å². The van der Waals surface area contributed by atoms with E-state index in [-0.39, 0.29) is 32.3 Å². The molecule has 0 radical (unpaired) electrons. The Morgan fingerprint density at radius 2 is 1.90 bits per heavy atom. The Labute approximate surface area is 176 Å². The number of aliphatic hydroxyl groups excluding tert-OH is 1. The van der Waals surface area contributed by atoms with E-state index in [1.165, 1.54) is 0 Å². The largest absolute Gasteiger partial charge is 0.454 e. The van der Waals surface area contributed by atoms with Crippen LogP contribution in [0.2, 0.25) is 0 Å². The number of carbonyl (C=O) groups excluding carboxylic acids is 1. The van der Waals surface area contributed by atoms with Crippen molar-refractivity contribution in [2.24, 2.45) is 0 Å². The zero-order chi connectivity index (χ0) is 21.0. The Hall–Kier alpha value is -2.61. The lowest BCUT2D eigenvalue weighted by molar-refractivity contribution is -0.131. The van der Waals surface area contributed by atoms with Crippen LogP contribution in [0.1, 0.15) is 17.5 Å². The summed E-state index contributed by atoms with van der Waals surface area (Å²) in [7, 11) is 0. The lowest BCUT2D eigenvalue weighted by atomic mass is 10.0. The number of ether oxygens (including phenoxy) is 2. The number of aliphatic hydroxyl groups is 2. The monoisotopic (exact) mass is 412 g/mol. The minimum atomic E-state index is -1.34. The third kappa shape index (κ3) is 4.75. The highest BCUT2D eigenvalue weighted by molar-refractivity contribution is 5.77. The van der Waals surface area contributed by atoms with E-state index >= 15 is 0 Å². The minimum Gasteiger partial charge on any atom is -0.454 e. The van der Waals surface area contributed by atoms with Gasteiger partial charge in [0.25, 0.3) is 0 Å². The second-order valence-electron chi connectivity index (χ2n) is 7.99. The number of amides is 1. The van der Waals surface area contributed by atoms with Crippen molar-refractivity contribution in [3.63, 3.8) is 0 Å². The average molecular weight is 412 g/mol. The number of carbonyl (C=O) groups is 1. The maximum atomic E-state index is 12.5. The number of fused-ring (bicyclic) bond motifs is 1. The lowest BCUT2D eigenvalue weighted by Crippen LogP contribution is -2.50. The number of nitrogens with zero attached hydrogens (tertiary/aromatic N) is 1. The Balaban J connectivity index is 1.22. The molecule has 2 atom stereocenters. The van der Waals surface area contributed by atoms with Gasteiger partial charge in [-0.3, -0.25) is 4.79 Å². The van der Waals surface area contributed by atoms with Crippen molar-refractivity contribution < 1.29 is 24.5 Å². The molecule has 1 saturated heterocycles. The summed E-state index contributed by atoms with van der Waals surface area (Å²) >= 11 is 0. The smallest absolute Gasteiger partial charge is 0.231 e. The van der Waals surface area contributed by atoms with E-state index in [4.69, 9.17) is 9.47 Å². The number of β-amino-alcohol motifs (C(OH)–C–C–N with tert-alkyl or cyclic N) is 2. The van der Waals surface area contributed by atoms with Crippen molar-refractivity contribution in [1.82, 2.24) is 10.2 Å². The molecule has 1 amide bonds. The van der Waals surface area contributed by atoms with Crippen LogP contribution < -0.4 is 14.8 Å². The van der Waals surface area contributed by atoms with E-state index in [2.05, 4.69) is 5.32 Å². The van der Waals surface area contributed by atoms with Gasteiger partial charge in [-0.1, -0.05) is 36.4 Å². The SMILES string of the molecule is O=C(CCc1ccccc1)N1C[C@@H](O)[C@](O)(CNCCc2ccc3c(c2)OCO3)C1. The average Bonchev–Trinajstić information content (AvgIpc) is 3.34. The van der Waals surface area contributed by atoms with Gasteiger partial charge in [0.15, 0.2) is 11.5 Å². The van der Waals surface area contributed by atoms with E-state index in [0.717, 1.165) is 29.0 Å². The van der Waals surface area contributed by atoms with Crippen LogP contribution in [0.5, 0.6) is 11.5 Å². The van der Waals surface area contributed by atoms with E-state index in [1.807, 2.05) is 48.5 Å². The van der Waals surface area contributed by atoms with Crippen LogP contribution >= 0.6 is 0 Å². The first kappa shape index (κ1) is 20.7. The standard InChI is InChI=1S/C23H28N2O5/c26-21-13-25(22(27)9-7-17-4-2-1-3-5-17)15-23(21,28)14-24-11-10-18-6-8-19-20(12-18)30-16-29-19/h1-6,8,12,21,24,26,28H,7,9-11,13-16H2/t21-,23+/m1/s1. The van der Waals surface area contributed by atoms with Gasteiger partial charge in [0.1, 0.15) is 11.7 Å². The minimum absolute atomic E-state index is 0.0470. The fourth-order valence-electron chi connectivity index (χ4n) is 3.93. The van der Waals surface area contributed by atoms with Gasteiger partial charge >= 0.3 is 0 Å². The van der Waals surface area contributed by atoms with Crippen LogP contribution in [-0.2, 0) is 17.6 Å². The Morgan fingerprint density at radius 3 is 2.73 bits per heavy atom. The predicted octanol–water partition coefficient (Wildman–Crippen LogP) is 1.11. The number of likely N-dealkylation sites (tertiary alicyclic amines) is 1. The molecule has 2 heterocycles. The van der Waals surface area contributed by atoms with Gasteiger partial charge < -0.3 is 29.9 Å². The number of rotatable bonds is 8. The number of benzene rings is 2. The molecule has 0 spiro atoms. The molecule has 7 heteroatoms. The Kier molecular flexibility index (Phi) is 6.22. The Bertz CT molecular complexity index is 875. The molecular weight excluding hydrogens is 384 g/mol. The number of aryl methyl sites for hydroxylation is 1. The molecule has 1 fully saturated rings. The van der Waals surface area contributed by atoms with Crippen LogP contribution in [0, 0.1) is 0 Å². The van der Waals surface area contributed by atoms with Gasteiger partial charge in [0, 0.05) is 19.5 Å². The molecule has 0 aromatic heterocycles. The van der Waals surface area contributed by atoms with E-state index in [0.29, 0.717) is 19.4 Å². The summed E-state index contributed by atoms with van der Waals surface area (Å²) < 4.78 is 10.7. The van der Waals surface area contributed by atoms with Crippen LogP contribution in [0.4, 0.5) is 0 Å². The van der Waals surface area contributed by atoms with E-state index in [9.17, 15) is 15.0 Å². The predicted molar refractivity (Wildman–Crippen MR) is 111 cm³/mol. The summed E-state index contributed by atoms with van der Waals surface area (Å²) in [6, 6.07) is 15.7. The highest BCUT2D eigenvalue weighted by Gasteiger charge is 2.45. The topological polar surface area (TPSA) is 91.3 Å². The number of nitrogens with one attached hydrogen (secondary N) is 1. The van der Waals surface area contributed by atoms with Crippen LogP contribution in [0.15, 0.2) is 48.5 Å². The van der Waals surface area contributed by atoms with Gasteiger partial charge in [0.05, 0.1) is 6.54 Å². The van der Waals surface area contributed by atoms with E-state index in [1.54, 1.807) is 4.90 Å². The Morgan fingerprint density at radius 1 is 1.10 bits per heavy atom. The third-order valence-corrected chi connectivity index (χ3v) is 5.76. The second-order valence-corrected chi connectivity index (χ2v) is 7.99. The quantitative estimate of drug-likeness (QED) is 0.563. The molecule has 0 aliphatic carbocycles. The molecule has 2 aliphatic heterocycles. The first-order chi connectivity index (χ1) is 14.5. The molecule has 2 aromatic rings. The van der Waals surface area contributed by atoms with Gasteiger partial charge in [-0.25, -0.2) is 0 Å². The third-order valence-electron chi connectivity index (χ3n) is 5.76. The first-order valence-corrected chi connectivity index (χ1v) is 10.3. The summed E-state index contributed by atoms with van der Waals surface area (Å²) in [5.74, 6) is 1.46. The normalized spacial score (nSPS) is 22.5.